The lowest BCUT2D eigenvalue weighted by molar-refractivity contribution is 0.466. The topological polar surface area (TPSA) is 52.5 Å². The summed E-state index contributed by atoms with van der Waals surface area (Å²) in [4.78, 5) is 0. The summed E-state index contributed by atoms with van der Waals surface area (Å²) in [6.45, 7) is 4.38. The third-order valence-corrected chi connectivity index (χ3v) is 3.30. The van der Waals surface area contributed by atoms with Crippen molar-refractivity contribution < 1.29 is 10.2 Å². The average Bonchev–Trinajstić information content (AvgIpc) is 2.37. The number of anilines is 1. The van der Waals surface area contributed by atoms with Gasteiger partial charge in [-0.1, -0.05) is 23.7 Å². The van der Waals surface area contributed by atoms with E-state index in [1.165, 1.54) is 0 Å². The minimum Gasteiger partial charge on any atom is -0.507 e. The zero-order valence-corrected chi connectivity index (χ0v) is 11.6. The molecule has 0 amide bonds. The molecular weight excluding hydrogens is 262 g/mol. The molecule has 0 aliphatic carbocycles. The van der Waals surface area contributed by atoms with Gasteiger partial charge in [-0.3, -0.25) is 0 Å². The molecule has 0 spiro atoms. The number of rotatable bonds is 3. The molecule has 0 bridgehead atoms. The van der Waals surface area contributed by atoms with E-state index in [1.54, 1.807) is 18.2 Å². The second-order valence-electron chi connectivity index (χ2n) is 4.60. The van der Waals surface area contributed by atoms with Crippen LogP contribution in [0.5, 0.6) is 11.5 Å². The van der Waals surface area contributed by atoms with Crippen molar-refractivity contribution in [2.45, 2.75) is 20.4 Å². The molecule has 0 saturated carbocycles. The minimum atomic E-state index is 0.0727. The second kappa shape index (κ2) is 5.41. The SMILES string of the molecule is Cc1cc(CNc2ccc(O)c(Cl)c2)cc(C)c1O. The molecule has 3 nitrogen and oxygen atoms in total. The van der Waals surface area contributed by atoms with Gasteiger partial charge in [0.2, 0.25) is 0 Å². The number of hydrogen-bond acceptors (Lipinski definition) is 3. The van der Waals surface area contributed by atoms with E-state index in [-0.39, 0.29) is 5.75 Å². The minimum absolute atomic E-state index is 0.0727. The Kier molecular flexibility index (Phi) is 3.86. The first-order chi connectivity index (χ1) is 8.97. The van der Waals surface area contributed by atoms with Crippen molar-refractivity contribution in [2.24, 2.45) is 0 Å². The summed E-state index contributed by atoms with van der Waals surface area (Å²) in [6.07, 6.45) is 0. The van der Waals surface area contributed by atoms with Gasteiger partial charge in [-0.05, 0) is 48.7 Å². The van der Waals surface area contributed by atoms with Gasteiger partial charge in [-0.15, -0.1) is 0 Å². The Balaban J connectivity index is 2.12. The maximum atomic E-state index is 9.72. The Morgan fingerprint density at radius 3 is 2.26 bits per heavy atom. The zero-order valence-electron chi connectivity index (χ0n) is 10.9. The van der Waals surface area contributed by atoms with Crippen LogP contribution in [0.4, 0.5) is 5.69 Å². The molecule has 0 heterocycles. The summed E-state index contributed by atoms with van der Waals surface area (Å²) in [5.41, 5.74) is 3.64. The van der Waals surface area contributed by atoms with E-state index in [2.05, 4.69) is 5.32 Å². The Bertz CT molecular complexity index is 588. The molecule has 0 saturated heterocycles. The first-order valence-corrected chi connectivity index (χ1v) is 6.36. The van der Waals surface area contributed by atoms with E-state index in [0.717, 1.165) is 22.4 Å². The van der Waals surface area contributed by atoms with Gasteiger partial charge in [-0.2, -0.15) is 0 Å². The van der Waals surface area contributed by atoms with Gasteiger partial charge in [0.25, 0.3) is 0 Å². The number of phenolic OH excluding ortho intramolecular Hbond substituents is 2. The molecule has 0 atom stereocenters. The summed E-state index contributed by atoms with van der Waals surface area (Å²) in [5, 5.41) is 22.6. The molecule has 2 aromatic rings. The maximum Gasteiger partial charge on any atom is 0.134 e. The zero-order chi connectivity index (χ0) is 14.0. The molecular formula is C15H16ClNO2. The number of hydrogen-bond donors (Lipinski definition) is 3. The normalized spacial score (nSPS) is 10.5. The number of benzene rings is 2. The highest BCUT2D eigenvalue weighted by Crippen LogP contribution is 2.27. The lowest BCUT2D eigenvalue weighted by Crippen LogP contribution is -2.00. The Morgan fingerprint density at radius 2 is 1.68 bits per heavy atom. The molecule has 0 aliphatic rings. The van der Waals surface area contributed by atoms with Gasteiger partial charge >= 0.3 is 0 Å². The van der Waals surface area contributed by atoms with Gasteiger partial charge in [0, 0.05) is 12.2 Å². The summed E-state index contributed by atoms with van der Waals surface area (Å²) in [7, 11) is 0. The average molecular weight is 278 g/mol. The molecule has 0 radical (unpaired) electrons. The van der Waals surface area contributed by atoms with Crippen LogP contribution in [0, 0.1) is 13.8 Å². The molecule has 3 N–H and O–H groups in total. The van der Waals surface area contributed by atoms with Gasteiger partial charge in [0.05, 0.1) is 5.02 Å². The fourth-order valence-electron chi connectivity index (χ4n) is 1.97. The van der Waals surface area contributed by atoms with Crippen molar-refractivity contribution in [3.8, 4) is 11.5 Å². The first kappa shape index (κ1) is 13.6. The molecule has 100 valence electrons. The fourth-order valence-corrected chi connectivity index (χ4v) is 2.15. The predicted molar refractivity (Wildman–Crippen MR) is 78.0 cm³/mol. The van der Waals surface area contributed by atoms with Crippen LogP contribution in [0.25, 0.3) is 0 Å². The maximum absolute atomic E-state index is 9.72. The van der Waals surface area contributed by atoms with Crippen LogP contribution in [0.15, 0.2) is 30.3 Å². The van der Waals surface area contributed by atoms with E-state index in [0.29, 0.717) is 17.3 Å². The lowest BCUT2D eigenvalue weighted by Gasteiger charge is -2.10. The lowest BCUT2D eigenvalue weighted by atomic mass is 10.1. The molecule has 2 aromatic carbocycles. The molecule has 2 rings (SSSR count). The van der Waals surface area contributed by atoms with Gasteiger partial charge in [0.1, 0.15) is 11.5 Å². The van der Waals surface area contributed by atoms with E-state index >= 15 is 0 Å². The largest absolute Gasteiger partial charge is 0.507 e. The van der Waals surface area contributed by atoms with Crippen molar-refractivity contribution in [1.29, 1.82) is 0 Å². The molecule has 19 heavy (non-hydrogen) atoms. The van der Waals surface area contributed by atoms with Gasteiger partial charge < -0.3 is 15.5 Å². The van der Waals surface area contributed by atoms with Crippen LogP contribution in [0.3, 0.4) is 0 Å². The Labute approximate surface area is 117 Å². The fraction of sp³-hybridized carbons (Fsp3) is 0.200. The number of halogens is 1. The predicted octanol–water partition coefficient (Wildman–Crippen LogP) is 3.98. The monoisotopic (exact) mass is 277 g/mol. The highest BCUT2D eigenvalue weighted by atomic mass is 35.5. The summed E-state index contributed by atoms with van der Waals surface area (Å²) in [6, 6.07) is 8.88. The number of nitrogens with one attached hydrogen (secondary N) is 1. The summed E-state index contributed by atoms with van der Waals surface area (Å²) < 4.78 is 0. The van der Waals surface area contributed by atoms with E-state index in [1.807, 2.05) is 26.0 Å². The van der Waals surface area contributed by atoms with Gasteiger partial charge in [0.15, 0.2) is 0 Å². The molecule has 0 fully saturated rings. The molecule has 0 aromatic heterocycles. The third-order valence-electron chi connectivity index (χ3n) is 3.00. The third kappa shape index (κ3) is 3.12. The van der Waals surface area contributed by atoms with Crippen molar-refractivity contribution >= 4 is 17.3 Å². The Hall–Kier alpha value is -1.87. The number of aryl methyl sites for hydroxylation is 2. The Morgan fingerprint density at radius 1 is 1.05 bits per heavy atom. The molecule has 4 heteroatoms. The first-order valence-electron chi connectivity index (χ1n) is 5.99. The standard InChI is InChI=1S/C15H16ClNO2/c1-9-5-11(6-10(2)15(9)19)8-17-12-3-4-14(18)13(16)7-12/h3-7,17-19H,8H2,1-2H3. The van der Waals surface area contributed by atoms with Crippen molar-refractivity contribution in [2.75, 3.05) is 5.32 Å². The van der Waals surface area contributed by atoms with E-state index in [4.69, 9.17) is 11.6 Å². The highest BCUT2D eigenvalue weighted by molar-refractivity contribution is 6.32. The van der Waals surface area contributed by atoms with Crippen LogP contribution < -0.4 is 5.32 Å². The number of aromatic hydroxyl groups is 2. The van der Waals surface area contributed by atoms with Crippen molar-refractivity contribution in [1.82, 2.24) is 0 Å². The van der Waals surface area contributed by atoms with Crippen LogP contribution >= 0.6 is 11.6 Å². The van der Waals surface area contributed by atoms with Gasteiger partial charge in [-0.25, -0.2) is 0 Å². The summed E-state index contributed by atoms with van der Waals surface area (Å²) in [5.74, 6) is 0.417. The number of phenols is 2. The quantitative estimate of drug-likeness (QED) is 0.744. The molecule has 0 aliphatic heterocycles. The van der Waals surface area contributed by atoms with E-state index in [9.17, 15) is 10.2 Å². The van der Waals surface area contributed by atoms with Crippen LogP contribution in [0.2, 0.25) is 5.02 Å². The summed E-state index contributed by atoms with van der Waals surface area (Å²) >= 11 is 5.84. The smallest absolute Gasteiger partial charge is 0.134 e. The highest BCUT2D eigenvalue weighted by Gasteiger charge is 2.04. The van der Waals surface area contributed by atoms with E-state index < -0.39 is 0 Å². The van der Waals surface area contributed by atoms with Crippen LogP contribution in [-0.2, 0) is 6.54 Å². The van der Waals surface area contributed by atoms with Crippen molar-refractivity contribution in [3.05, 3.63) is 52.0 Å². The molecule has 0 unspecified atom stereocenters. The second-order valence-corrected chi connectivity index (χ2v) is 5.01. The van der Waals surface area contributed by atoms with Crippen molar-refractivity contribution in [3.63, 3.8) is 0 Å². The van der Waals surface area contributed by atoms with Crippen LogP contribution in [0.1, 0.15) is 16.7 Å². The van der Waals surface area contributed by atoms with Crippen LogP contribution in [-0.4, -0.2) is 10.2 Å².